The van der Waals surface area contributed by atoms with E-state index in [1.54, 1.807) is 6.07 Å². The highest BCUT2D eigenvalue weighted by atomic mass is 32.1. The zero-order valence-electron chi connectivity index (χ0n) is 11.2. The molecule has 0 fully saturated rings. The van der Waals surface area contributed by atoms with Gasteiger partial charge in [0, 0.05) is 15.1 Å². The standard InChI is InChI=1S/C16H11F3O2S/c17-16(18,19)21-13-7-11(5-6-12(13)9-20)15-8-10-3-1-2-4-14(10)22-15/h1-8,20H,9H2. The lowest BCUT2D eigenvalue weighted by atomic mass is 10.1. The molecule has 3 aromatic rings. The molecule has 1 aromatic heterocycles. The maximum Gasteiger partial charge on any atom is 0.573 e. The third-order valence-corrected chi connectivity index (χ3v) is 4.34. The lowest BCUT2D eigenvalue weighted by Gasteiger charge is -2.13. The highest BCUT2D eigenvalue weighted by Crippen LogP contribution is 2.37. The van der Waals surface area contributed by atoms with E-state index in [1.807, 2.05) is 30.3 Å². The number of rotatable bonds is 3. The van der Waals surface area contributed by atoms with Crippen LogP contribution in [-0.2, 0) is 6.61 Å². The molecule has 0 aliphatic carbocycles. The van der Waals surface area contributed by atoms with Crippen LogP contribution in [0.25, 0.3) is 20.5 Å². The summed E-state index contributed by atoms with van der Waals surface area (Å²) in [4.78, 5) is 0.845. The Morgan fingerprint density at radius 3 is 2.50 bits per heavy atom. The van der Waals surface area contributed by atoms with E-state index in [1.165, 1.54) is 23.5 Å². The molecule has 1 N–H and O–H groups in total. The second-order valence-corrected chi connectivity index (χ2v) is 5.76. The van der Waals surface area contributed by atoms with Crippen molar-refractivity contribution in [2.24, 2.45) is 0 Å². The molecular weight excluding hydrogens is 313 g/mol. The first kappa shape index (κ1) is 14.9. The fourth-order valence-electron chi connectivity index (χ4n) is 2.18. The van der Waals surface area contributed by atoms with Crippen molar-refractivity contribution in [1.82, 2.24) is 0 Å². The predicted molar refractivity (Wildman–Crippen MR) is 79.9 cm³/mol. The Labute approximate surface area is 128 Å². The van der Waals surface area contributed by atoms with Crippen molar-refractivity contribution >= 4 is 21.4 Å². The predicted octanol–water partition coefficient (Wildman–Crippen LogP) is 4.96. The molecule has 0 amide bonds. The van der Waals surface area contributed by atoms with Gasteiger partial charge in [-0.3, -0.25) is 0 Å². The normalized spacial score (nSPS) is 11.8. The zero-order chi connectivity index (χ0) is 15.7. The number of hydrogen-bond donors (Lipinski definition) is 1. The minimum Gasteiger partial charge on any atom is -0.405 e. The van der Waals surface area contributed by atoms with Gasteiger partial charge in [0.2, 0.25) is 0 Å². The van der Waals surface area contributed by atoms with E-state index in [4.69, 9.17) is 5.11 Å². The van der Waals surface area contributed by atoms with E-state index in [0.717, 1.165) is 15.0 Å². The average Bonchev–Trinajstić information content (AvgIpc) is 2.89. The Morgan fingerprint density at radius 1 is 1.05 bits per heavy atom. The molecule has 3 rings (SSSR count). The van der Waals surface area contributed by atoms with Crippen LogP contribution in [0.2, 0.25) is 0 Å². The molecule has 0 aliphatic rings. The van der Waals surface area contributed by atoms with Crippen molar-refractivity contribution in [1.29, 1.82) is 0 Å². The van der Waals surface area contributed by atoms with E-state index >= 15 is 0 Å². The second kappa shape index (κ2) is 5.62. The number of benzene rings is 2. The summed E-state index contributed by atoms with van der Waals surface area (Å²) in [6.07, 6.45) is -4.79. The van der Waals surface area contributed by atoms with Crippen LogP contribution >= 0.6 is 11.3 Å². The first-order valence-electron chi connectivity index (χ1n) is 6.45. The zero-order valence-corrected chi connectivity index (χ0v) is 12.0. The number of hydrogen-bond acceptors (Lipinski definition) is 3. The quantitative estimate of drug-likeness (QED) is 0.738. The van der Waals surface area contributed by atoms with Crippen LogP contribution in [0, 0.1) is 0 Å². The topological polar surface area (TPSA) is 29.5 Å². The first-order valence-corrected chi connectivity index (χ1v) is 7.26. The van der Waals surface area contributed by atoms with Crippen LogP contribution in [-0.4, -0.2) is 11.5 Å². The number of aliphatic hydroxyl groups is 1. The van der Waals surface area contributed by atoms with Crippen LogP contribution in [0.15, 0.2) is 48.5 Å². The van der Waals surface area contributed by atoms with Gasteiger partial charge >= 0.3 is 6.36 Å². The molecule has 6 heteroatoms. The molecule has 0 aliphatic heterocycles. The summed E-state index contributed by atoms with van der Waals surface area (Å²) in [6.45, 7) is -0.516. The molecular formula is C16H11F3O2S. The molecule has 0 radical (unpaired) electrons. The molecule has 22 heavy (non-hydrogen) atoms. The van der Waals surface area contributed by atoms with E-state index in [2.05, 4.69) is 4.74 Å². The van der Waals surface area contributed by atoms with Crippen molar-refractivity contribution in [2.75, 3.05) is 0 Å². The fourth-order valence-corrected chi connectivity index (χ4v) is 3.24. The van der Waals surface area contributed by atoms with Gasteiger partial charge in [-0.2, -0.15) is 0 Å². The Bertz CT molecular complexity index is 776. The van der Waals surface area contributed by atoms with Crippen LogP contribution < -0.4 is 4.74 Å². The van der Waals surface area contributed by atoms with Gasteiger partial charge in [0.05, 0.1) is 6.61 Å². The monoisotopic (exact) mass is 324 g/mol. The Kier molecular flexibility index (Phi) is 3.80. The van der Waals surface area contributed by atoms with E-state index in [-0.39, 0.29) is 11.3 Å². The minimum atomic E-state index is -4.79. The summed E-state index contributed by atoms with van der Waals surface area (Å²) in [5, 5.41) is 10.2. The van der Waals surface area contributed by atoms with Gasteiger partial charge < -0.3 is 9.84 Å². The first-order chi connectivity index (χ1) is 10.5. The van der Waals surface area contributed by atoms with Gasteiger partial charge in [0.15, 0.2) is 0 Å². The van der Waals surface area contributed by atoms with Crippen molar-refractivity contribution in [3.8, 4) is 16.2 Å². The molecule has 114 valence electrons. The maximum absolute atomic E-state index is 12.5. The molecule has 0 saturated heterocycles. The summed E-state index contributed by atoms with van der Waals surface area (Å²) in [7, 11) is 0. The van der Waals surface area contributed by atoms with Crippen molar-refractivity contribution in [2.45, 2.75) is 13.0 Å². The van der Waals surface area contributed by atoms with Gasteiger partial charge in [-0.15, -0.1) is 24.5 Å². The summed E-state index contributed by atoms with van der Waals surface area (Å²) >= 11 is 1.49. The Balaban J connectivity index is 2.05. The van der Waals surface area contributed by atoms with Crippen molar-refractivity contribution < 1.29 is 23.0 Å². The highest BCUT2D eigenvalue weighted by Gasteiger charge is 2.32. The second-order valence-electron chi connectivity index (χ2n) is 4.68. The number of ether oxygens (including phenoxy) is 1. The van der Waals surface area contributed by atoms with Gasteiger partial charge in [-0.05, 0) is 29.1 Å². The van der Waals surface area contributed by atoms with Gasteiger partial charge in [0.1, 0.15) is 5.75 Å². The number of fused-ring (bicyclic) bond motifs is 1. The van der Waals surface area contributed by atoms with E-state index in [0.29, 0.717) is 5.56 Å². The third-order valence-electron chi connectivity index (χ3n) is 3.17. The highest BCUT2D eigenvalue weighted by molar-refractivity contribution is 7.22. The fraction of sp³-hybridized carbons (Fsp3) is 0.125. The molecule has 0 atom stereocenters. The molecule has 0 saturated carbocycles. The SMILES string of the molecule is OCc1ccc(-c2cc3ccccc3s2)cc1OC(F)(F)F. The minimum absolute atomic E-state index is 0.0992. The molecule has 0 spiro atoms. The van der Waals surface area contributed by atoms with Crippen molar-refractivity contribution in [3.63, 3.8) is 0 Å². The number of thiophene rings is 1. The van der Waals surface area contributed by atoms with Crippen molar-refractivity contribution in [3.05, 3.63) is 54.1 Å². The number of alkyl halides is 3. The van der Waals surface area contributed by atoms with Crippen LogP contribution in [0.5, 0.6) is 5.75 Å². The van der Waals surface area contributed by atoms with Gasteiger partial charge in [0.25, 0.3) is 0 Å². The van der Waals surface area contributed by atoms with E-state index < -0.39 is 13.0 Å². The molecule has 0 bridgehead atoms. The Hall–Kier alpha value is -2.05. The molecule has 2 nitrogen and oxygen atoms in total. The maximum atomic E-state index is 12.5. The van der Waals surface area contributed by atoms with Gasteiger partial charge in [-0.25, -0.2) is 0 Å². The average molecular weight is 324 g/mol. The van der Waals surface area contributed by atoms with E-state index in [9.17, 15) is 13.2 Å². The molecule has 1 heterocycles. The van der Waals surface area contributed by atoms with Crippen LogP contribution in [0.1, 0.15) is 5.56 Å². The summed E-state index contributed by atoms with van der Waals surface area (Å²) in [6, 6.07) is 14.1. The lowest BCUT2D eigenvalue weighted by molar-refractivity contribution is -0.275. The van der Waals surface area contributed by atoms with Gasteiger partial charge in [-0.1, -0.05) is 30.3 Å². The number of halogens is 3. The summed E-state index contributed by atoms with van der Waals surface area (Å²) < 4.78 is 42.4. The molecule has 2 aromatic carbocycles. The Morgan fingerprint density at radius 2 is 1.82 bits per heavy atom. The summed E-state index contributed by atoms with van der Waals surface area (Å²) in [5.74, 6) is -0.370. The lowest BCUT2D eigenvalue weighted by Crippen LogP contribution is -2.18. The summed E-state index contributed by atoms with van der Waals surface area (Å²) in [5.41, 5.74) is 0.722. The third kappa shape index (κ3) is 3.08. The largest absolute Gasteiger partial charge is 0.573 e. The molecule has 0 unspecified atom stereocenters. The number of aliphatic hydroxyl groups excluding tert-OH is 1. The smallest absolute Gasteiger partial charge is 0.405 e. The van der Waals surface area contributed by atoms with Crippen LogP contribution in [0.3, 0.4) is 0 Å². The van der Waals surface area contributed by atoms with Crippen LogP contribution in [0.4, 0.5) is 13.2 Å².